The number of hydrogen-bond acceptors (Lipinski definition) is 3. The first kappa shape index (κ1) is 13.5. The quantitative estimate of drug-likeness (QED) is 0.835. The van der Waals surface area contributed by atoms with Gasteiger partial charge in [0.25, 0.3) is 0 Å². The van der Waals surface area contributed by atoms with Gasteiger partial charge in [0.1, 0.15) is 0 Å². The maximum atomic E-state index is 8.91. The lowest BCUT2D eigenvalue weighted by Crippen LogP contribution is -2.16. The minimum absolute atomic E-state index is 0.330. The van der Waals surface area contributed by atoms with Crippen LogP contribution < -0.4 is 5.32 Å². The highest BCUT2D eigenvalue weighted by molar-refractivity contribution is 9.10. The second-order valence-corrected chi connectivity index (χ2v) is 6.67. The van der Waals surface area contributed by atoms with Crippen LogP contribution in [0.1, 0.15) is 23.6 Å². The van der Waals surface area contributed by atoms with Gasteiger partial charge in [0.2, 0.25) is 0 Å². The molecule has 1 atom stereocenters. The summed E-state index contributed by atoms with van der Waals surface area (Å²) in [5, 5.41) is 12.5. The Kier molecular flexibility index (Phi) is 4.00. The van der Waals surface area contributed by atoms with Crippen LogP contribution in [0.2, 0.25) is 0 Å². The summed E-state index contributed by atoms with van der Waals surface area (Å²) >= 11 is 5.45. The van der Waals surface area contributed by atoms with Gasteiger partial charge in [-0.15, -0.1) is 11.8 Å². The zero-order valence-electron chi connectivity index (χ0n) is 10.8. The Hall–Kier alpha value is -1.44. The number of nitrogens with zero attached hydrogens (tertiary/aromatic N) is 1. The summed E-state index contributed by atoms with van der Waals surface area (Å²) in [5.74, 6) is 1.13. The molecule has 0 bridgehead atoms. The van der Waals surface area contributed by atoms with E-state index in [0.717, 1.165) is 22.3 Å². The van der Waals surface area contributed by atoms with Crippen LogP contribution in [0.3, 0.4) is 0 Å². The Morgan fingerprint density at radius 3 is 2.90 bits per heavy atom. The summed E-state index contributed by atoms with van der Waals surface area (Å²) in [4.78, 5) is 1.36. The zero-order valence-corrected chi connectivity index (χ0v) is 13.2. The smallest absolute Gasteiger partial charge is 0.0992 e. The molecule has 2 nitrogen and oxygen atoms in total. The molecule has 0 aliphatic carbocycles. The van der Waals surface area contributed by atoms with E-state index in [2.05, 4.69) is 51.6 Å². The third-order valence-corrected chi connectivity index (χ3v) is 5.17. The molecule has 0 saturated heterocycles. The number of benzene rings is 2. The normalized spacial score (nSPS) is 17.1. The van der Waals surface area contributed by atoms with Crippen molar-refractivity contribution in [2.45, 2.75) is 17.4 Å². The van der Waals surface area contributed by atoms with E-state index in [4.69, 9.17) is 5.26 Å². The molecule has 3 rings (SSSR count). The van der Waals surface area contributed by atoms with Crippen molar-refractivity contribution in [3.05, 3.63) is 58.1 Å². The molecule has 1 heterocycles. The molecule has 0 aromatic heterocycles. The number of nitrogens with one attached hydrogen (secondary N) is 1. The molecule has 4 heteroatoms. The van der Waals surface area contributed by atoms with Crippen LogP contribution in [0.25, 0.3) is 0 Å². The highest BCUT2D eigenvalue weighted by Crippen LogP contribution is 2.38. The Morgan fingerprint density at radius 1 is 1.25 bits per heavy atom. The second-order valence-electron chi connectivity index (χ2n) is 4.68. The molecule has 1 aliphatic heterocycles. The minimum Gasteiger partial charge on any atom is -0.377 e. The summed E-state index contributed by atoms with van der Waals surface area (Å²) in [5.41, 5.74) is 3.07. The van der Waals surface area contributed by atoms with Gasteiger partial charge in [-0.25, -0.2) is 0 Å². The van der Waals surface area contributed by atoms with E-state index in [0.29, 0.717) is 11.6 Å². The lowest BCUT2D eigenvalue weighted by atomic mass is 10.0. The summed E-state index contributed by atoms with van der Waals surface area (Å²) in [6.45, 7) is 0. The van der Waals surface area contributed by atoms with Crippen molar-refractivity contribution in [1.29, 1.82) is 5.26 Å². The van der Waals surface area contributed by atoms with E-state index in [1.54, 1.807) is 0 Å². The molecule has 0 saturated carbocycles. The predicted octanol–water partition coefficient (Wildman–Crippen LogP) is 4.97. The number of anilines is 1. The van der Waals surface area contributed by atoms with Gasteiger partial charge in [0.15, 0.2) is 0 Å². The van der Waals surface area contributed by atoms with Crippen LogP contribution in [-0.2, 0) is 0 Å². The fraction of sp³-hybridized carbons (Fsp3) is 0.188. The largest absolute Gasteiger partial charge is 0.377 e. The zero-order chi connectivity index (χ0) is 13.9. The second kappa shape index (κ2) is 5.90. The monoisotopic (exact) mass is 344 g/mol. The highest BCUT2D eigenvalue weighted by Gasteiger charge is 2.20. The number of nitriles is 1. The van der Waals surface area contributed by atoms with Gasteiger partial charge in [-0.1, -0.05) is 18.2 Å². The number of rotatable bonds is 2. The Labute approximate surface area is 131 Å². The molecular weight excluding hydrogens is 332 g/mol. The molecule has 0 spiro atoms. The van der Waals surface area contributed by atoms with Gasteiger partial charge in [0, 0.05) is 20.8 Å². The van der Waals surface area contributed by atoms with Gasteiger partial charge in [-0.05, 0) is 52.2 Å². The predicted molar refractivity (Wildman–Crippen MR) is 87.0 cm³/mol. The minimum atomic E-state index is 0.330. The van der Waals surface area contributed by atoms with Crippen molar-refractivity contribution < 1.29 is 0 Å². The highest BCUT2D eigenvalue weighted by atomic mass is 79.9. The SMILES string of the molecule is N#Cc1ccc(NC2CCSc3ccccc32)c(Br)c1. The standard InChI is InChI=1S/C16H13BrN2S/c17-13-9-11(10-18)5-6-15(13)19-14-7-8-20-16-4-2-1-3-12(14)16/h1-6,9,14,19H,7-8H2. The number of halogens is 1. The first-order valence-corrected chi connectivity index (χ1v) is 8.23. The molecule has 0 fully saturated rings. The molecule has 2 aromatic rings. The van der Waals surface area contributed by atoms with E-state index in [-0.39, 0.29) is 0 Å². The van der Waals surface area contributed by atoms with Gasteiger partial charge >= 0.3 is 0 Å². The van der Waals surface area contributed by atoms with Crippen LogP contribution in [0.5, 0.6) is 0 Å². The molecule has 2 aromatic carbocycles. The van der Waals surface area contributed by atoms with Gasteiger partial charge < -0.3 is 5.32 Å². The van der Waals surface area contributed by atoms with E-state index >= 15 is 0 Å². The first-order chi connectivity index (χ1) is 9.78. The average Bonchev–Trinajstić information content (AvgIpc) is 2.49. The number of fused-ring (bicyclic) bond motifs is 1. The lowest BCUT2D eigenvalue weighted by molar-refractivity contribution is 0.728. The fourth-order valence-corrected chi connectivity index (χ4v) is 4.00. The van der Waals surface area contributed by atoms with Crippen molar-refractivity contribution in [3.8, 4) is 6.07 Å². The summed E-state index contributed by atoms with van der Waals surface area (Å²) in [6.07, 6.45) is 1.11. The molecule has 0 radical (unpaired) electrons. The number of thioether (sulfide) groups is 1. The molecule has 20 heavy (non-hydrogen) atoms. The van der Waals surface area contributed by atoms with Crippen molar-refractivity contribution in [2.75, 3.05) is 11.1 Å². The van der Waals surface area contributed by atoms with Crippen LogP contribution in [0.4, 0.5) is 5.69 Å². The third kappa shape index (κ3) is 2.70. The van der Waals surface area contributed by atoms with Crippen molar-refractivity contribution in [2.24, 2.45) is 0 Å². The maximum Gasteiger partial charge on any atom is 0.0992 e. The Morgan fingerprint density at radius 2 is 2.10 bits per heavy atom. The van der Waals surface area contributed by atoms with E-state index in [1.165, 1.54) is 10.5 Å². The average molecular weight is 345 g/mol. The lowest BCUT2D eigenvalue weighted by Gasteiger charge is -2.27. The molecule has 100 valence electrons. The van der Waals surface area contributed by atoms with Crippen LogP contribution >= 0.6 is 27.7 Å². The topological polar surface area (TPSA) is 35.8 Å². The molecule has 0 amide bonds. The summed E-state index contributed by atoms with van der Waals surface area (Å²) in [7, 11) is 0. The van der Waals surface area contributed by atoms with E-state index < -0.39 is 0 Å². The Balaban J connectivity index is 1.88. The van der Waals surface area contributed by atoms with Crippen molar-refractivity contribution in [3.63, 3.8) is 0 Å². The third-order valence-electron chi connectivity index (χ3n) is 3.39. The van der Waals surface area contributed by atoms with E-state index in [9.17, 15) is 0 Å². The van der Waals surface area contributed by atoms with Crippen LogP contribution in [0.15, 0.2) is 51.8 Å². The van der Waals surface area contributed by atoms with Gasteiger partial charge in [0.05, 0.1) is 17.7 Å². The molecule has 1 N–H and O–H groups in total. The molecular formula is C16H13BrN2S. The maximum absolute atomic E-state index is 8.91. The fourth-order valence-electron chi connectivity index (χ4n) is 2.38. The van der Waals surface area contributed by atoms with E-state index in [1.807, 2.05) is 30.0 Å². The summed E-state index contributed by atoms with van der Waals surface area (Å²) < 4.78 is 0.937. The summed E-state index contributed by atoms with van der Waals surface area (Å²) in [6, 6.07) is 16.7. The van der Waals surface area contributed by atoms with Crippen molar-refractivity contribution in [1.82, 2.24) is 0 Å². The van der Waals surface area contributed by atoms with Crippen LogP contribution in [0, 0.1) is 11.3 Å². The first-order valence-electron chi connectivity index (χ1n) is 6.46. The number of hydrogen-bond donors (Lipinski definition) is 1. The molecule has 1 aliphatic rings. The van der Waals surface area contributed by atoms with Gasteiger partial charge in [-0.3, -0.25) is 0 Å². The molecule has 1 unspecified atom stereocenters. The Bertz CT molecular complexity index is 678. The van der Waals surface area contributed by atoms with Gasteiger partial charge in [-0.2, -0.15) is 5.26 Å². The van der Waals surface area contributed by atoms with Crippen LogP contribution in [-0.4, -0.2) is 5.75 Å². The van der Waals surface area contributed by atoms with Crippen molar-refractivity contribution >= 4 is 33.4 Å².